The minimum atomic E-state index is 0.267. The van der Waals surface area contributed by atoms with Crippen LogP contribution < -0.4 is 5.73 Å². The number of carbonyl (C=O) groups is 1. The highest BCUT2D eigenvalue weighted by molar-refractivity contribution is 5.75. The SMILES string of the molecule is CCC(N)CCCC(C)=O. The van der Waals surface area contributed by atoms with Crippen molar-refractivity contribution in [2.45, 2.75) is 45.6 Å². The lowest BCUT2D eigenvalue weighted by Crippen LogP contribution is -2.18. The van der Waals surface area contributed by atoms with Crippen LogP contribution in [0.5, 0.6) is 0 Å². The van der Waals surface area contributed by atoms with Crippen molar-refractivity contribution in [3.05, 3.63) is 0 Å². The third kappa shape index (κ3) is 5.76. The molecule has 2 heteroatoms. The largest absolute Gasteiger partial charge is 0.328 e. The van der Waals surface area contributed by atoms with Gasteiger partial charge in [-0.25, -0.2) is 0 Å². The summed E-state index contributed by atoms with van der Waals surface area (Å²) in [6, 6.07) is 0.291. The van der Waals surface area contributed by atoms with Crippen LogP contribution in [-0.2, 0) is 4.79 Å². The molecule has 0 heterocycles. The van der Waals surface area contributed by atoms with Crippen LogP contribution >= 0.6 is 0 Å². The zero-order chi connectivity index (χ0) is 7.98. The third-order valence-electron chi connectivity index (χ3n) is 1.63. The molecule has 0 aliphatic carbocycles. The third-order valence-corrected chi connectivity index (χ3v) is 1.63. The summed E-state index contributed by atoms with van der Waals surface area (Å²) in [5.74, 6) is 0.267. The van der Waals surface area contributed by atoms with E-state index < -0.39 is 0 Å². The van der Waals surface area contributed by atoms with Gasteiger partial charge in [0.05, 0.1) is 0 Å². The van der Waals surface area contributed by atoms with Gasteiger partial charge < -0.3 is 10.5 Å². The Morgan fingerprint density at radius 1 is 1.60 bits per heavy atom. The normalized spacial score (nSPS) is 13.1. The predicted molar refractivity (Wildman–Crippen MR) is 42.8 cm³/mol. The van der Waals surface area contributed by atoms with E-state index in [1.54, 1.807) is 6.92 Å². The lowest BCUT2D eigenvalue weighted by molar-refractivity contribution is -0.117. The Kier molecular flexibility index (Phi) is 5.22. The summed E-state index contributed by atoms with van der Waals surface area (Å²) in [7, 11) is 0. The maximum absolute atomic E-state index is 10.5. The second kappa shape index (κ2) is 5.42. The molecule has 0 fully saturated rings. The number of Topliss-reactive ketones (excluding diaryl/α,β-unsaturated/α-hetero) is 1. The van der Waals surface area contributed by atoms with E-state index in [1.165, 1.54) is 0 Å². The molecule has 0 spiro atoms. The molecule has 0 amide bonds. The number of hydrogen-bond donors (Lipinski definition) is 1. The molecule has 0 bridgehead atoms. The Morgan fingerprint density at radius 2 is 2.20 bits per heavy atom. The smallest absolute Gasteiger partial charge is 0.129 e. The molecule has 10 heavy (non-hydrogen) atoms. The summed E-state index contributed by atoms with van der Waals surface area (Å²) in [5.41, 5.74) is 5.65. The van der Waals surface area contributed by atoms with Crippen LogP contribution in [0, 0.1) is 0 Å². The van der Waals surface area contributed by atoms with Crippen LogP contribution in [0.2, 0.25) is 0 Å². The van der Waals surface area contributed by atoms with Gasteiger partial charge in [-0.05, 0) is 26.2 Å². The highest BCUT2D eigenvalue weighted by atomic mass is 16.1. The first-order valence-electron chi connectivity index (χ1n) is 3.91. The molecule has 60 valence electrons. The molecule has 1 unspecified atom stereocenters. The lowest BCUT2D eigenvalue weighted by atomic mass is 10.1. The van der Waals surface area contributed by atoms with Gasteiger partial charge in [0.25, 0.3) is 0 Å². The van der Waals surface area contributed by atoms with Gasteiger partial charge in [-0.2, -0.15) is 0 Å². The number of carbonyl (C=O) groups excluding carboxylic acids is 1. The molecule has 0 rings (SSSR count). The van der Waals surface area contributed by atoms with E-state index in [4.69, 9.17) is 5.73 Å². The van der Waals surface area contributed by atoms with Crippen molar-refractivity contribution in [2.75, 3.05) is 0 Å². The number of ketones is 1. The van der Waals surface area contributed by atoms with Gasteiger partial charge >= 0.3 is 0 Å². The van der Waals surface area contributed by atoms with E-state index in [2.05, 4.69) is 6.92 Å². The van der Waals surface area contributed by atoms with Crippen molar-refractivity contribution in [1.29, 1.82) is 0 Å². The van der Waals surface area contributed by atoms with E-state index in [-0.39, 0.29) is 5.78 Å². The quantitative estimate of drug-likeness (QED) is 0.633. The van der Waals surface area contributed by atoms with Crippen LogP contribution in [0.3, 0.4) is 0 Å². The van der Waals surface area contributed by atoms with Crippen molar-refractivity contribution in [1.82, 2.24) is 0 Å². The summed E-state index contributed by atoms with van der Waals surface area (Å²) in [6.07, 6.45) is 3.63. The van der Waals surface area contributed by atoms with Gasteiger partial charge in [-0.1, -0.05) is 6.92 Å². The van der Waals surface area contributed by atoms with Gasteiger partial charge in [0, 0.05) is 12.5 Å². The van der Waals surface area contributed by atoms with Crippen molar-refractivity contribution in [2.24, 2.45) is 5.73 Å². The van der Waals surface area contributed by atoms with Crippen molar-refractivity contribution in [3.63, 3.8) is 0 Å². The van der Waals surface area contributed by atoms with E-state index in [9.17, 15) is 4.79 Å². The van der Waals surface area contributed by atoms with Gasteiger partial charge in [0.1, 0.15) is 5.78 Å². The van der Waals surface area contributed by atoms with E-state index in [1.807, 2.05) is 0 Å². The summed E-state index contributed by atoms with van der Waals surface area (Å²) in [5, 5.41) is 0. The standard InChI is InChI=1S/C8H17NO/c1-3-8(9)6-4-5-7(2)10/h8H,3-6,9H2,1-2H3. The van der Waals surface area contributed by atoms with Crippen LogP contribution in [0.15, 0.2) is 0 Å². The van der Waals surface area contributed by atoms with Gasteiger partial charge in [-0.15, -0.1) is 0 Å². The van der Waals surface area contributed by atoms with Crippen molar-refractivity contribution < 1.29 is 4.79 Å². The summed E-state index contributed by atoms with van der Waals surface area (Å²) >= 11 is 0. The topological polar surface area (TPSA) is 43.1 Å². The molecular formula is C8H17NO. The predicted octanol–water partition coefficient (Wildman–Crippen LogP) is 1.48. The second-order valence-corrected chi connectivity index (χ2v) is 2.76. The maximum Gasteiger partial charge on any atom is 0.129 e. The fourth-order valence-corrected chi connectivity index (χ4v) is 0.817. The molecule has 0 aliphatic rings. The maximum atomic E-state index is 10.5. The zero-order valence-corrected chi connectivity index (χ0v) is 6.89. The van der Waals surface area contributed by atoms with E-state index >= 15 is 0 Å². The van der Waals surface area contributed by atoms with Gasteiger partial charge in [-0.3, -0.25) is 0 Å². The monoisotopic (exact) mass is 143 g/mol. The molecule has 0 radical (unpaired) electrons. The van der Waals surface area contributed by atoms with Gasteiger partial charge in [0.15, 0.2) is 0 Å². The number of nitrogens with two attached hydrogens (primary N) is 1. The first-order valence-corrected chi connectivity index (χ1v) is 3.91. The lowest BCUT2D eigenvalue weighted by Gasteiger charge is -2.05. The van der Waals surface area contributed by atoms with Crippen molar-refractivity contribution >= 4 is 5.78 Å². The van der Waals surface area contributed by atoms with Gasteiger partial charge in [0.2, 0.25) is 0 Å². The number of rotatable bonds is 5. The zero-order valence-electron chi connectivity index (χ0n) is 6.89. The molecule has 0 aromatic heterocycles. The molecule has 2 nitrogen and oxygen atoms in total. The molecular weight excluding hydrogens is 126 g/mol. The summed E-state index contributed by atoms with van der Waals surface area (Å²) in [6.45, 7) is 3.69. The molecule has 0 aliphatic heterocycles. The fourth-order valence-electron chi connectivity index (χ4n) is 0.817. The Morgan fingerprint density at radius 3 is 2.60 bits per heavy atom. The van der Waals surface area contributed by atoms with Crippen LogP contribution in [0.25, 0.3) is 0 Å². The summed E-state index contributed by atoms with van der Waals surface area (Å²) in [4.78, 5) is 10.5. The van der Waals surface area contributed by atoms with Crippen molar-refractivity contribution in [3.8, 4) is 0 Å². The minimum Gasteiger partial charge on any atom is -0.328 e. The molecule has 2 N–H and O–H groups in total. The first-order chi connectivity index (χ1) is 4.66. The molecule has 0 saturated carbocycles. The Hall–Kier alpha value is -0.370. The molecule has 0 aromatic rings. The van der Waals surface area contributed by atoms with E-state index in [0.717, 1.165) is 19.3 Å². The average Bonchev–Trinajstić information content (AvgIpc) is 1.87. The first kappa shape index (κ1) is 9.63. The second-order valence-electron chi connectivity index (χ2n) is 2.76. The Balaban J connectivity index is 3.11. The number of hydrogen-bond acceptors (Lipinski definition) is 2. The Labute approximate surface area is 62.8 Å². The van der Waals surface area contributed by atoms with Crippen LogP contribution in [-0.4, -0.2) is 11.8 Å². The van der Waals surface area contributed by atoms with Crippen LogP contribution in [0.1, 0.15) is 39.5 Å². The Bertz CT molecular complexity index is 101. The summed E-state index contributed by atoms with van der Waals surface area (Å²) < 4.78 is 0. The van der Waals surface area contributed by atoms with E-state index in [0.29, 0.717) is 12.5 Å². The fraction of sp³-hybridized carbons (Fsp3) is 0.875. The highest BCUT2D eigenvalue weighted by Gasteiger charge is 1.99. The molecule has 0 aromatic carbocycles. The van der Waals surface area contributed by atoms with Crippen LogP contribution in [0.4, 0.5) is 0 Å². The molecule has 1 atom stereocenters. The molecule has 0 saturated heterocycles. The highest BCUT2D eigenvalue weighted by Crippen LogP contribution is 2.01. The minimum absolute atomic E-state index is 0.267. The average molecular weight is 143 g/mol.